The quantitative estimate of drug-likeness (QED) is 0.567. The third-order valence-corrected chi connectivity index (χ3v) is 5.53. The fraction of sp³-hybridized carbons (Fsp3) is 0.227. The topological polar surface area (TPSA) is 76.1 Å². The Kier molecular flexibility index (Phi) is 4.46. The molecule has 0 saturated carbocycles. The number of fused-ring (bicyclic) bond motifs is 1. The van der Waals surface area contributed by atoms with Crippen LogP contribution in [0.5, 0.6) is 0 Å². The lowest BCUT2D eigenvalue weighted by molar-refractivity contribution is 0.628. The van der Waals surface area contributed by atoms with E-state index in [-0.39, 0.29) is 5.82 Å². The summed E-state index contributed by atoms with van der Waals surface area (Å²) in [5.74, 6) is 0.817. The van der Waals surface area contributed by atoms with Crippen LogP contribution in [-0.4, -0.2) is 45.9 Å². The number of hydrogen-bond donors (Lipinski definition) is 1. The molecule has 1 aliphatic heterocycles. The first-order valence-electron chi connectivity index (χ1n) is 9.91. The predicted molar refractivity (Wildman–Crippen MR) is 117 cm³/mol. The Morgan fingerprint density at radius 1 is 0.867 bits per heavy atom. The first kappa shape index (κ1) is 18.4. The van der Waals surface area contributed by atoms with Crippen LogP contribution in [0.1, 0.15) is 0 Å². The summed E-state index contributed by atoms with van der Waals surface area (Å²) >= 11 is 0. The minimum absolute atomic E-state index is 0.291. The highest BCUT2D eigenvalue weighted by Gasteiger charge is 2.23. The zero-order valence-electron chi connectivity index (χ0n) is 16.7. The lowest BCUT2D eigenvalue weighted by atomic mass is 10.1. The molecule has 0 spiro atoms. The average molecular weight is 403 g/mol. The van der Waals surface area contributed by atoms with Gasteiger partial charge in [-0.3, -0.25) is 4.68 Å². The third-order valence-electron chi connectivity index (χ3n) is 5.53. The molecule has 3 heterocycles. The Labute approximate surface area is 173 Å². The van der Waals surface area contributed by atoms with Crippen molar-refractivity contribution in [3.05, 3.63) is 60.4 Å². The number of nitrogens with zero attached hydrogens (tertiary/aromatic N) is 6. The second-order valence-corrected chi connectivity index (χ2v) is 7.40. The van der Waals surface area contributed by atoms with Gasteiger partial charge < -0.3 is 15.5 Å². The van der Waals surface area contributed by atoms with Gasteiger partial charge in [0.15, 0.2) is 5.65 Å². The van der Waals surface area contributed by atoms with Crippen molar-refractivity contribution in [1.82, 2.24) is 19.7 Å². The summed E-state index contributed by atoms with van der Waals surface area (Å²) in [4.78, 5) is 14.0. The maximum atomic E-state index is 13.5. The summed E-state index contributed by atoms with van der Waals surface area (Å²) in [5, 5.41) is 5.15. The Morgan fingerprint density at radius 2 is 1.53 bits per heavy atom. The third kappa shape index (κ3) is 3.20. The van der Waals surface area contributed by atoms with Gasteiger partial charge in [0, 0.05) is 44.5 Å². The monoisotopic (exact) mass is 403 g/mol. The number of nitrogen functional groups attached to an aromatic ring is 1. The molecule has 0 bridgehead atoms. The molecule has 0 amide bonds. The van der Waals surface area contributed by atoms with Crippen molar-refractivity contribution < 1.29 is 4.39 Å². The van der Waals surface area contributed by atoms with Gasteiger partial charge in [-0.1, -0.05) is 18.2 Å². The zero-order chi connectivity index (χ0) is 20.7. The molecule has 30 heavy (non-hydrogen) atoms. The van der Waals surface area contributed by atoms with Gasteiger partial charge in [-0.15, -0.1) is 0 Å². The van der Waals surface area contributed by atoms with Crippen LogP contribution in [0.2, 0.25) is 0 Å². The van der Waals surface area contributed by atoms with Crippen molar-refractivity contribution in [3.8, 4) is 11.3 Å². The summed E-state index contributed by atoms with van der Waals surface area (Å²) in [6.45, 7) is 3.35. The lowest BCUT2D eigenvalue weighted by Crippen LogP contribution is -2.47. The fourth-order valence-electron chi connectivity index (χ4n) is 3.86. The minimum atomic E-state index is -0.291. The summed E-state index contributed by atoms with van der Waals surface area (Å²) < 4.78 is 15.1. The Balaban J connectivity index is 1.50. The van der Waals surface area contributed by atoms with E-state index in [9.17, 15) is 4.39 Å². The van der Waals surface area contributed by atoms with Crippen molar-refractivity contribution >= 4 is 28.5 Å². The van der Waals surface area contributed by atoms with Gasteiger partial charge in [-0.25, -0.2) is 9.37 Å². The number of benzene rings is 2. The van der Waals surface area contributed by atoms with Crippen LogP contribution >= 0.6 is 0 Å². The first-order valence-corrected chi connectivity index (χ1v) is 9.91. The summed E-state index contributed by atoms with van der Waals surface area (Å²) in [6, 6.07) is 16.7. The summed E-state index contributed by atoms with van der Waals surface area (Å²) in [6.07, 6.45) is 0. The molecule has 1 saturated heterocycles. The molecule has 4 aromatic rings. The highest BCUT2D eigenvalue weighted by atomic mass is 19.1. The van der Waals surface area contributed by atoms with Crippen molar-refractivity contribution in [3.63, 3.8) is 0 Å². The Bertz CT molecular complexity index is 1180. The Morgan fingerprint density at radius 3 is 2.23 bits per heavy atom. The van der Waals surface area contributed by atoms with Crippen LogP contribution in [-0.2, 0) is 7.05 Å². The number of anilines is 3. The molecular weight excluding hydrogens is 381 g/mol. The number of aromatic nitrogens is 4. The van der Waals surface area contributed by atoms with Crippen LogP contribution in [0.25, 0.3) is 22.3 Å². The van der Waals surface area contributed by atoms with Crippen LogP contribution in [0.3, 0.4) is 0 Å². The van der Waals surface area contributed by atoms with E-state index in [0.717, 1.165) is 31.7 Å². The molecule has 7 nitrogen and oxygen atoms in total. The second kappa shape index (κ2) is 7.29. The van der Waals surface area contributed by atoms with E-state index in [0.29, 0.717) is 28.5 Å². The van der Waals surface area contributed by atoms with Gasteiger partial charge in [0.1, 0.15) is 11.6 Å². The molecule has 152 valence electrons. The van der Waals surface area contributed by atoms with Crippen molar-refractivity contribution in [2.75, 3.05) is 41.7 Å². The smallest absolute Gasteiger partial charge is 0.228 e. The number of hydrogen-bond acceptors (Lipinski definition) is 6. The van der Waals surface area contributed by atoms with Crippen LogP contribution in [0.15, 0.2) is 54.6 Å². The molecule has 0 radical (unpaired) electrons. The first-order chi connectivity index (χ1) is 14.6. The average Bonchev–Trinajstić information content (AvgIpc) is 3.08. The number of aryl methyl sites for hydroxylation is 1. The van der Waals surface area contributed by atoms with Gasteiger partial charge in [0.05, 0.1) is 11.1 Å². The summed E-state index contributed by atoms with van der Waals surface area (Å²) in [5.41, 5.74) is 9.47. The molecule has 0 atom stereocenters. The maximum Gasteiger partial charge on any atom is 0.228 e. The molecule has 2 N–H and O–H groups in total. The number of nitrogens with two attached hydrogens (primary N) is 1. The number of rotatable bonds is 3. The normalized spacial score (nSPS) is 14.5. The maximum absolute atomic E-state index is 13.5. The molecule has 1 aliphatic rings. The van der Waals surface area contributed by atoms with Crippen molar-refractivity contribution in [2.45, 2.75) is 0 Å². The van der Waals surface area contributed by atoms with Gasteiger partial charge >= 0.3 is 0 Å². The van der Waals surface area contributed by atoms with Crippen LogP contribution in [0, 0.1) is 5.82 Å². The lowest BCUT2D eigenvalue weighted by Gasteiger charge is -2.36. The molecule has 2 aromatic carbocycles. The van der Waals surface area contributed by atoms with Gasteiger partial charge in [-0.2, -0.15) is 10.1 Å². The SMILES string of the molecule is Cn1nc2nc(N3CCN(c4ccccc4)CC3)nc(-c3ccc(F)cc3)c2c1N. The van der Waals surface area contributed by atoms with E-state index < -0.39 is 0 Å². The van der Waals surface area contributed by atoms with Gasteiger partial charge in [-0.05, 0) is 36.4 Å². The zero-order valence-corrected chi connectivity index (χ0v) is 16.7. The second-order valence-electron chi connectivity index (χ2n) is 7.40. The number of para-hydroxylation sites is 1. The minimum Gasteiger partial charge on any atom is -0.383 e. The Hall–Kier alpha value is -3.68. The van der Waals surface area contributed by atoms with Crippen molar-refractivity contribution in [2.24, 2.45) is 7.05 Å². The van der Waals surface area contributed by atoms with Crippen LogP contribution in [0.4, 0.5) is 21.8 Å². The highest BCUT2D eigenvalue weighted by Crippen LogP contribution is 2.32. The molecule has 0 aliphatic carbocycles. The number of halogens is 1. The molecule has 8 heteroatoms. The van der Waals surface area contributed by atoms with E-state index >= 15 is 0 Å². The van der Waals surface area contributed by atoms with E-state index in [1.165, 1.54) is 17.8 Å². The van der Waals surface area contributed by atoms with E-state index in [1.807, 2.05) is 6.07 Å². The van der Waals surface area contributed by atoms with Gasteiger partial charge in [0.2, 0.25) is 5.95 Å². The fourth-order valence-corrected chi connectivity index (χ4v) is 3.86. The standard InChI is InChI=1S/C22H22FN7/c1-28-20(24)18-19(15-7-9-16(23)10-8-15)25-22(26-21(18)27-28)30-13-11-29(12-14-30)17-5-3-2-4-6-17/h2-10H,11-14,24H2,1H3. The largest absolute Gasteiger partial charge is 0.383 e. The van der Waals surface area contributed by atoms with E-state index in [4.69, 9.17) is 15.7 Å². The molecule has 2 aromatic heterocycles. The van der Waals surface area contributed by atoms with Crippen molar-refractivity contribution in [1.29, 1.82) is 0 Å². The molecule has 5 rings (SSSR count). The number of piperazine rings is 1. The molecule has 1 fully saturated rings. The summed E-state index contributed by atoms with van der Waals surface area (Å²) in [7, 11) is 1.78. The highest BCUT2D eigenvalue weighted by molar-refractivity contribution is 5.98. The van der Waals surface area contributed by atoms with Crippen LogP contribution < -0.4 is 15.5 Å². The van der Waals surface area contributed by atoms with E-state index in [1.54, 1.807) is 23.9 Å². The van der Waals surface area contributed by atoms with E-state index in [2.05, 4.69) is 39.2 Å². The van der Waals surface area contributed by atoms with Gasteiger partial charge in [0.25, 0.3) is 0 Å². The predicted octanol–water partition coefficient (Wildman–Crippen LogP) is 3.08. The molecular formula is C22H22FN7. The molecule has 0 unspecified atom stereocenters.